The summed E-state index contributed by atoms with van der Waals surface area (Å²) in [7, 11) is 0. The Bertz CT molecular complexity index is 640. The molecule has 0 radical (unpaired) electrons. The quantitative estimate of drug-likeness (QED) is 0.892. The summed E-state index contributed by atoms with van der Waals surface area (Å²) in [6.07, 6.45) is 0.655. The molecule has 4 nitrogen and oxygen atoms in total. The van der Waals surface area contributed by atoms with Gasteiger partial charge in [0.25, 0.3) is 5.91 Å². The molecule has 1 amide bonds. The smallest absolute Gasteiger partial charge is 0.270 e. The van der Waals surface area contributed by atoms with Gasteiger partial charge in [-0.15, -0.1) is 11.3 Å². The van der Waals surface area contributed by atoms with E-state index in [1.54, 1.807) is 11.4 Å². The number of aryl methyl sites for hydroxylation is 1. The molecule has 0 saturated carbocycles. The number of nitrogens with zero attached hydrogens (tertiary/aromatic N) is 1. The van der Waals surface area contributed by atoms with Crippen LogP contribution < -0.4 is 11.1 Å². The third kappa shape index (κ3) is 4.09. The molecule has 0 saturated heterocycles. The van der Waals surface area contributed by atoms with Crippen molar-refractivity contribution < 1.29 is 9.18 Å². The van der Waals surface area contributed by atoms with Crippen molar-refractivity contribution >= 4 is 17.2 Å². The number of amides is 1. The van der Waals surface area contributed by atoms with Crippen LogP contribution in [0.1, 0.15) is 39.6 Å². The van der Waals surface area contributed by atoms with Crippen molar-refractivity contribution in [2.24, 2.45) is 5.73 Å². The van der Waals surface area contributed by atoms with E-state index in [1.165, 1.54) is 23.5 Å². The Morgan fingerprint density at radius 3 is 2.90 bits per heavy atom. The number of nitrogens with two attached hydrogens (primary N) is 1. The molecule has 0 aliphatic heterocycles. The average Bonchev–Trinajstić information content (AvgIpc) is 2.91. The van der Waals surface area contributed by atoms with Gasteiger partial charge >= 0.3 is 0 Å². The zero-order valence-corrected chi connectivity index (χ0v) is 12.8. The molecule has 6 heteroatoms. The van der Waals surface area contributed by atoms with Crippen LogP contribution in [0.5, 0.6) is 0 Å². The number of aromatic nitrogens is 1. The van der Waals surface area contributed by atoms with Gasteiger partial charge in [0.1, 0.15) is 16.5 Å². The summed E-state index contributed by atoms with van der Waals surface area (Å²) in [5.74, 6) is -0.455. The van der Waals surface area contributed by atoms with Crippen LogP contribution in [0.25, 0.3) is 0 Å². The van der Waals surface area contributed by atoms with Gasteiger partial charge in [-0.25, -0.2) is 9.37 Å². The number of carbonyl (C=O) groups excluding carboxylic acids is 1. The highest BCUT2D eigenvalue weighted by molar-refractivity contribution is 7.09. The first-order valence-corrected chi connectivity index (χ1v) is 7.59. The fraction of sp³-hybridized carbons (Fsp3) is 0.333. The predicted octanol–water partition coefficient (Wildman–Crippen LogP) is 2.58. The third-order valence-corrected chi connectivity index (χ3v) is 4.17. The summed E-state index contributed by atoms with van der Waals surface area (Å²) in [6, 6.07) is 4.50. The molecule has 2 aromatic rings. The van der Waals surface area contributed by atoms with Gasteiger partial charge < -0.3 is 11.1 Å². The second-order valence-electron chi connectivity index (χ2n) is 4.94. The lowest BCUT2D eigenvalue weighted by Crippen LogP contribution is -2.26. The summed E-state index contributed by atoms with van der Waals surface area (Å²) in [5.41, 5.74) is 8.02. The highest BCUT2D eigenvalue weighted by atomic mass is 32.1. The van der Waals surface area contributed by atoms with E-state index in [-0.39, 0.29) is 17.8 Å². The van der Waals surface area contributed by atoms with E-state index in [1.807, 2.05) is 13.8 Å². The molecular formula is C15H18FN3OS. The summed E-state index contributed by atoms with van der Waals surface area (Å²) >= 11 is 1.38. The molecule has 0 bridgehead atoms. The molecule has 1 aromatic heterocycles. The van der Waals surface area contributed by atoms with Gasteiger partial charge in [-0.3, -0.25) is 4.79 Å². The Morgan fingerprint density at radius 2 is 2.29 bits per heavy atom. The van der Waals surface area contributed by atoms with E-state index in [2.05, 4.69) is 10.3 Å². The Labute approximate surface area is 127 Å². The van der Waals surface area contributed by atoms with Crippen molar-refractivity contribution in [3.63, 3.8) is 0 Å². The molecule has 1 aromatic carbocycles. The Balaban J connectivity index is 1.89. The maximum absolute atomic E-state index is 13.0. The highest BCUT2D eigenvalue weighted by Crippen LogP contribution is 2.15. The van der Waals surface area contributed by atoms with Gasteiger partial charge in [-0.1, -0.05) is 6.07 Å². The molecule has 112 valence electrons. The number of thiazole rings is 1. The van der Waals surface area contributed by atoms with E-state index in [0.29, 0.717) is 18.7 Å². The second-order valence-corrected chi connectivity index (χ2v) is 5.83. The first-order valence-electron chi connectivity index (χ1n) is 6.71. The van der Waals surface area contributed by atoms with Gasteiger partial charge in [0.2, 0.25) is 0 Å². The zero-order chi connectivity index (χ0) is 15.4. The maximum atomic E-state index is 13.0. The Hall–Kier alpha value is -1.79. The monoisotopic (exact) mass is 307 g/mol. The minimum Gasteiger partial charge on any atom is -0.350 e. The minimum atomic E-state index is -0.244. The van der Waals surface area contributed by atoms with Gasteiger partial charge in [0, 0.05) is 11.9 Å². The zero-order valence-electron chi connectivity index (χ0n) is 12.0. The van der Waals surface area contributed by atoms with Crippen molar-refractivity contribution in [2.45, 2.75) is 26.3 Å². The van der Waals surface area contributed by atoms with Crippen molar-refractivity contribution in [3.05, 3.63) is 51.2 Å². The summed E-state index contributed by atoms with van der Waals surface area (Å²) in [4.78, 5) is 16.1. The molecule has 0 aliphatic carbocycles. The van der Waals surface area contributed by atoms with Crippen molar-refractivity contribution in [1.29, 1.82) is 0 Å². The summed E-state index contributed by atoms with van der Waals surface area (Å²) < 4.78 is 13.0. The van der Waals surface area contributed by atoms with E-state index < -0.39 is 0 Å². The summed E-state index contributed by atoms with van der Waals surface area (Å²) in [6.45, 7) is 4.17. The van der Waals surface area contributed by atoms with E-state index >= 15 is 0 Å². The molecule has 0 spiro atoms. The van der Waals surface area contributed by atoms with Gasteiger partial charge in [-0.2, -0.15) is 0 Å². The van der Waals surface area contributed by atoms with Crippen LogP contribution in [0.15, 0.2) is 23.6 Å². The Kier molecular flexibility index (Phi) is 5.03. The maximum Gasteiger partial charge on any atom is 0.270 e. The van der Waals surface area contributed by atoms with Crippen molar-refractivity contribution in [2.75, 3.05) is 6.54 Å². The van der Waals surface area contributed by atoms with Crippen molar-refractivity contribution in [1.82, 2.24) is 10.3 Å². The van der Waals surface area contributed by atoms with Gasteiger partial charge in [0.05, 0.1) is 6.04 Å². The van der Waals surface area contributed by atoms with E-state index in [9.17, 15) is 9.18 Å². The number of hydrogen-bond acceptors (Lipinski definition) is 4. The van der Waals surface area contributed by atoms with Crippen LogP contribution in [0.4, 0.5) is 4.39 Å². The normalized spacial score (nSPS) is 12.2. The number of rotatable bonds is 5. The standard InChI is InChI=1S/C15H18FN3OS/c1-9-7-12(16)4-3-11(9)5-6-18-14(20)13-8-21-15(19-13)10(2)17/h3-4,7-8,10H,5-6,17H2,1-2H3,(H,18,20). The molecule has 21 heavy (non-hydrogen) atoms. The van der Waals surface area contributed by atoms with Crippen LogP contribution in [-0.4, -0.2) is 17.4 Å². The largest absolute Gasteiger partial charge is 0.350 e. The van der Waals surface area contributed by atoms with Gasteiger partial charge in [0.15, 0.2) is 0 Å². The topological polar surface area (TPSA) is 68.0 Å². The number of nitrogens with one attached hydrogen (secondary N) is 1. The molecule has 2 rings (SSSR count). The SMILES string of the molecule is Cc1cc(F)ccc1CCNC(=O)c1csc(C(C)N)n1. The average molecular weight is 307 g/mol. The van der Waals surface area contributed by atoms with Crippen LogP contribution in [0.3, 0.4) is 0 Å². The lowest BCUT2D eigenvalue weighted by atomic mass is 10.1. The summed E-state index contributed by atoms with van der Waals surface area (Å²) in [5, 5.41) is 5.26. The second kappa shape index (κ2) is 6.78. The third-order valence-electron chi connectivity index (χ3n) is 3.13. The molecular weight excluding hydrogens is 289 g/mol. The fourth-order valence-electron chi connectivity index (χ4n) is 1.94. The van der Waals surface area contributed by atoms with Crippen LogP contribution in [0.2, 0.25) is 0 Å². The Morgan fingerprint density at radius 1 is 1.52 bits per heavy atom. The number of carbonyl (C=O) groups is 1. The predicted molar refractivity (Wildman–Crippen MR) is 81.9 cm³/mol. The van der Waals surface area contributed by atoms with Crippen LogP contribution in [0, 0.1) is 12.7 Å². The number of hydrogen-bond donors (Lipinski definition) is 2. The fourth-order valence-corrected chi connectivity index (χ4v) is 2.70. The van der Waals surface area contributed by atoms with E-state index in [4.69, 9.17) is 5.73 Å². The minimum absolute atomic E-state index is 0.168. The number of benzene rings is 1. The number of halogens is 1. The molecule has 1 heterocycles. The van der Waals surface area contributed by atoms with Gasteiger partial charge in [-0.05, 0) is 43.5 Å². The first-order chi connectivity index (χ1) is 9.97. The lowest BCUT2D eigenvalue weighted by molar-refractivity contribution is 0.0949. The van der Waals surface area contributed by atoms with Crippen LogP contribution >= 0.6 is 11.3 Å². The van der Waals surface area contributed by atoms with Crippen molar-refractivity contribution in [3.8, 4) is 0 Å². The van der Waals surface area contributed by atoms with Crippen LogP contribution in [-0.2, 0) is 6.42 Å². The lowest BCUT2D eigenvalue weighted by Gasteiger charge is -2.07. The molecule has 0 fully saturated rings. The highest BCUT2D eigenvalue weighted by Gasteiger charge is 2.12. The molecule has 1 unspecified atom stereocenters. The molecule has 0 aliphatic rings. The molecule has 1 atom stereocenters. The molecule has 3 N–H and O–H groups in total. The first kappa shape index (κ1) is 15.6. The van der Waals surface area contributed by atoms with E-state index in [0.717, 1.165) is 16.1 Å².